The molecule has 0 spiro atoms. The van der Waals surface area contributed by atoms with Crippen LogP contribution < -0.4 is 5.56 Å². The minimum atomic E-state index is -3.97. The van der Waals surface area contributed by atoms with E-state index < -0.39 is 10.0 Å². The second-order valence-corrected chi connectivity index (χ2v) is 10.6. The molecule has 0 saturated heterocycles. The number of fused-ring (bicyclic) bond motifs is 1. The number of carbonyl (C=O) groups excluding carboxylic acids is 1. The predicted octanol–water partition coefficient (Wildman–Crippen LogP) is 4.49. The molecule has 32 heavy (non-hydrogen) atoms. The summed E-state index contributed by atoms with van der Waals surface area (Å²) in [5.41, 5.74) is 2.07. The van der Waals surface area contributed by atoms with Crippen LogP contribution in [-0.4, -0.2) is 23.5 Å². The number of aromatic amines is 1. The number of sulfonamides is 1. The van der Waals surface area contributed by atoms with Gasteiger partial charge in [-0.05, 0) is 60.5 Å². The first kappa shape index (κ1) is 22.1. The van der Waals surface area contributed by atoms with Gasteiger partial charge in [0.1, 0.15) is 0 Å². The van der Waals surface area contributed by atoms with Crippen molar-refractivity contribution >= 4 is 38.0 Å². The number of H-pyrrole nitrogens is 1. The number of pyridine rings is 1. The first-order valence-electron chi connectivity index (χ1n) is 10.00. The van der Waals surface area contributed by atoms with Gasteiger partial charge in [0, 0.05) is 34.6 Å². The van der Waals surface area contributed by atoms with Gasteiger partial charge >= 0.3 is 0 Å². The summed E-state index contributed by atoms with van der Waals surface area (Å²) in [6.07, 6.45) is 0. The molecule has 0 atom stereocenters. The van der Waals surface area contributed by atoms with Crippen molar-refractivity contribution in [2.45, 2.75) is 31.8 Å². The quantitative estimate of drug-likeness (QED) is 0.407. The van der Waals surface area contributed by atoms with Crippen LogP contribution in [0.2, 0.25) is 0 Å². The molecule has 8 heteroatoms. The Morgan fingerprint density at radius 3 is 2.56 bits per heavy atom. The summed E-state index contributed by atoms with van der Waals surface area (Å²) >= 11 is 1.44. The maximum Gasteiger partial charge on any atom is 0.252 e. The average Bonchev–Trinajstić information content (AvgIpc) is 3.27. The van der Waals surface area contributed by atoms with Gasteiger partial charge in [0.25, 0.3) is 5.56 Å². The third-order valence-corrected chi connectivity index (χ3v) is 7.86. The smallest absolute Gasteiger partial charge is 0.252 e. The number of benzene rings is 2. The molecule has 0 aliphatic rings. The normalized spacial score (nSPS) is 11.8. The van der Waals surface area contributed by atoms with E-state index in [1.54, 1.807) is 18.2 Å². The first-order valence-corrected chi connectivity index (χ1v) is 12.3. The number of hydrogen-bond acceptors (Lipinski definition) is 5. The summed E-state index contributed by atoms with van der Waals surface area (Å²) in [6.45, 7) is 3.36. The Hall–Kier alpha value is -3.07. The van der Waals surface area contributed by atoms with Crippen LogP contribution in [0.5, 0.6) is 0 Å². The van der Waals surface area contributed by atoms with Crippen LogP contribution in [0.4, 0.5) is 0 Å². The van der Waals surface area contributed by atoms with E-state index in [9.17, 15) is 18.0 Å². The molecule has 4 rings (SSSR count). The van der Waals surface area contributed by atoms with Crippen molar-refractivity contribution in [2.75, 3.05) is 0 Å². The Bertz CT molecular complexity index is 1460. The lowest BCUT2D eigenvalue weighted by atomic mass is 10.1. The number of aromatic nitrogens is 1. The second kappa shape index (κ2) is 8.82. The number of thiophene rings is 1. The lowest BCUT2D eigenvalue weighted by Crippen LogP contribution is -2.32. The molecule has 0 fully saturated rings. The number of aryl methyl sites for hydroxylation is 1. The molecule has 1 N–H and O–H groups in total. The van der Waals surface area contributed by atoms with E-state index in [2.05, 4.69) is 4.98 Å². The molecule has 6 nitrogen and oxygen atoms in total. The predicted molar refractivity (Wildman–Crippen MR) is 127 cm³/mol. The summed E-state index contributed by atoms with van der Waals surface area (Å²) in [7, 11) is -3.97. The maximum atomic E-state index is 13.6. The van der Waals surface area contributed by atoms with E-state index in [0.29, 0.717) is 16.6 Å². The van der Waals surface area contributed by atoms with Gasteiger partial charge in [-0.3, -0.25) is 9.59 Å². The van der Waals surface area contributed by atoms with Crippen LogP contribution in [0, 0.1) is 6.92 Å². The van der Waals surface area contributed by atoms with Gasteiger partial charge in [0.05, 0.1) is 4.90 Å². The van der Waals surface area contributed by atoms with Gasteiger partial charge in [-0.15, -0.1) is 11.3 Å². The molecule has 2 aromatic heterocycles. The van der Waals surface area contributed by atoms with Gasteiger partial charge < -0.3 is 4.98 Å². The van der Waals surface area contributed by atoms with E-state index >= 15 is 0 Å². The highest BCUT2D eigenvalue weighted by atomic mass is 32.2. The largest absolute Gasteiger partial charge is 0.322 e. The molecule has 0 amide bonds. The van der Waals surface area contributed by atoms with Crippen molar-refractivity contribution < 1.29 is 13.2 Å². The number of rotatable bonds is 7. The molecule has 0 saturated carbocycles. The molecular formula is C24H22N2O4S2. The third kappa shape index (κ3) is 4.57. The van der Waals surface area contributed by atoms with Crippen molar-refractivity contribution in [1.29, 1.82) is 0 Å². The van der Waals surface area contributed by atoms with Crippen LogP contribution in [-0.2, 0) is 23.1 Å². The fraction of sp³-hybridized carbons (Fsp3) is 0.167. The number of hydrogen-bond donors (Lipinski definition) is 1. The zero-order valence-electron chi connectivity index (χ0n) is 17.7. The average molecular weight is 467 g/mol. The van der Waals surface area contributed by atoms with Crippen molar-refractivity contribution in [2.24, 2.45) is 0 Å². The molecule has 4 aromatic rings. The lowest BCUT2D eigenvalue weighted by molar-refractivity contribution is 0.101. The molecule has 0 aliphatic carbocycles. The lowest BCUT2D eigenvalue weighted by Gasteiger charge is -2.22. The van der Waals surface area contributed by atoms with Crippen molar-refractivity contribution in [1.82, 2.24) is 9.29 Å². The molecule has 2 heterocycles. The highest BCUT2D eigenvalue weighted by Crippen LogP contribution is 2.24. The summed E-state index contributed by atoms with van der Waals surface area (Å²) < 4.78 is 28.4. The number of nitrogens with one attached hydrogen (secondary N) is 1. The Kier molecular flexibility index (Phi) is 6.10. The van der Waals surface area contributed by atoms with Crippen molar-refractivity contribution in [3.8, 4) is 0 Å². The molecular weight excluding hydrogens is 444 g/mol. The minimum Gasteiger partial charge on any atom is -0.322 e. The maximum absolute atomic E-state index is 13.6. The highest BCUT2D eigenvalue weighted by molar-refractivity contribution is 7.89. The highest BCUT2D eigenvalue weighted by Gasteiger charge is 2.27. The topological polar surface area (TPSA) is 87.3 Å². The molecule has 164 valence electrons. The standard InChI is InChI=1S/C24H22N2O4S2/c1-16-8-9-19-12-20(24(28)25-23(19)11-16)14-26(15-21-6-4-10-31-21)32(29,30)22-7-3-5-18(13-22)17(2)27/h3-13H,14-15H2,1-2H3,(H,25,28). The van der Waals surface area contributed by atoms with Gasteiger partial charge in [0.2, 0.25) is 10.0 Å². The van der Waals surface area contributed by atoms with Crippen LogP contribution in [0.15, 0.2) is 75.7 Å². The SMILES string of the molecule is CC(=O)c1cccc(S(=O)(=O)N(Cc2cccs2)Cc2cc3ccc(C)cc3[nH]c2=O)c1. The van der Waals surface area contributed by atoms with E-state index in [1.165, 1.54) is 34.7 Å². The number of nitrogens with zero attached hydrogens (tertiary/aromatic N) is 1. The van der Waals surface area contributed by atoms with Crippen molar-refractivity contribution in [3.05, 3.63) is 98.0 Å². The monoisotopic (exact) mass is 466 g/mol. The summed E-state index contributed by atoms with van der Waals surface area (Å²) in [4.78, 5) is 28.3. The fourth-order valence-corrected chi connectivity index (χ4v) is 5.74. The summed E-state index contributed by atoms with van der Waals surface area (Å²) in [6, 6.07) is 17.2. The van der Waals surface area contributed by atoms with E-state index in [1.807, 2.05) is 42.6 Å². The number of ketones is 1. The Labute approximate surface area is 190 Å². The molecule has 0 aliphatic heterocycles. The first-order chi connectivity index (χ1) is 15.2. The minimum absolute atomic E-state index is 0.0228. The zero-order chi connectivity index (χ0) is 22.9. The van der Waals surface area contributed by atoms with E-state index in [4.69, 9.17) is 0 Å². The number of Topliss-reactive ketones (excluding diaryl/α,β-unsaturated/α-hetero) is 1. The molecule has 2 aromatic carbocycles. The van der Waals surface area contributed by atoms with Crippen LogP contribution >= 0.6 is 11.3 Å². The summed E-state index contributed by atoms with van der Waals surface area (Å²) in [5.74, 6) is -0.215. The van der Waals surface area contributed by atoms with Gasteiger partial charge in [-0.2, -0.15) is 4.31 Å². The van der Waals surface area contributed by atoms with Crippen LogP contribution in [0.3, 0.4) is 0 Å². The van der Waals surface area contributed by atoms with E-state index in [-0.39, 0.29) is 29.3 Å². The third-order valence-electron chi connectivity index (χ3n) is 5.22. The number of carbonyl (C=O) groups is 1. The summed E-state index contributed by atoms with van der Waals surface area (Å²) in [5, 5.41) is 2.71. The van der Waals surface area contributed by atoms with Crippen LogP contribution in [0.1, 0.15) is 33.3 Å². The molecule has 0 bridgehead atoms. The van der Waals surface area contributed by atoms with Crippen molar-refractivity contribution in [3.63, 3.8) is 0 Å². The van der Waals surface area contributed by atoms with Gasteiger partial charge in [0.15, 0.2) is 5.78 Å². The Morgan fingerprint density at radius 1 is 1.03 bits per heavy atom. The van der Waals surface area contributed by atoms with E-state index in [0.717, 1.165) is 15.8 Å². The Morgan fingerprint density at radius 2 is 1.84 bits per heavy atom. The van der Waals surface area contributed by atoms with Gasteiger partial charge in [-0.1, -0.05) is 30.3 Å². The molecule has 0 unspecified atom stereocenters. The van der Waals surface area contributed by atoms with Gasteiger partial charge in [-0.25, -0.2) is 8.42 Å². The fourth-order valence-electron chi connectivity index (χ4n) is 3.49. The van der Waals surface area contributed by atoms with Crippen LogP contribution in [0.25, 0.3) is 10.9 Å². The Balaban J connectivity index is 1.78. The molecule has 0 radical (unpaired) electrons. The zero-order valence-corrected chi connectivity index (χ0v) is 19.3. The second-order valence-electron chi connectivity index (χ2n) is 7.65.